The molecule has 0 fully saturated rings. The highest BCUT2D eigenvalue weighted by atomic mass is 32.2. The van der Waals surface area contributed by atoms with Crippen LogP contribution in [0, 0.1) is 0 Å². The zero-order valence-electron chi connectivity index (χ0n) is 16.7. The van der Waals surface area contributed by atoms with Crippen LogP contribution in [0.5, 0.6) is 0 Å². The SMILES string of the molecule is CC(=O)c1cccc(NC(=O)CCSCc2nc3sc4c(c3c(=O)[nH]2)CCCC4)c1. The summed E-state index contributed by atoms with van der Waals surface area (Å²) < 4.78 is 0. The molecular weight excluding hydrogens is 418 g/mol. The number of anilines is 1. The minimum Gasteiger partial charge on any atom is -0.326 e. The fourth-order valence-electron chi connectivity index (χ4n) is 3.65. The second kappa shape index (κ2) is 9.14. The van der Waals surface area contributed by atoms with Gasteiger partial charge in [-0.3, -0.25) is 14.4 Å². The predicted octanol–water partition coefficient (Wildman–Crippen LogP) is 4.33. The van der Waals surface area contributed by atoms with E-state index >= 15 is 0 Å². The standard InChI is InChI=1S/C22H23N3O3S2/c1-13(26)14-5-4-6-15(11-14)23-19(27)9-10-29-12-18-24-21(28)20-16-7-2-3-8-17(16)30-22(20)25-18/h4-6,11H,2-3,7-10,12H2,1H3,(H,23,27)(H,24,25,28). The molecule has 2 heterocycles. The number of aryl methyl sites for hydroxylation is 2. The molecule has 156 valence electrons. The number of nitrogens with one attached hydrogen (secondary N) is 2. The van der Waals surface area contributed by atoms with E-state index < -0.39 is 0 Å². The van der Waals surface area contributed by atoms with Crippen LogP contribution in [0.3, 0.4) is 0 Å². The number of aromatic nitrogens is 2. The van der Waals surface area contributed by atoms with E-state index in [4.69, 9.17) is 0 Å². The van der Waals surface area contributed by atoms with Gasteiger partial charge in [0.25, 0.3) is 5.56 Å². The normalized spacial score (nSPS) is 13.2. The molecule has 0 saturated heterocycles. The van der Waals surface area contributed by atoms with Crippen molar-refractivity contribution in [1.82, 2.24) is 9.97 Å². The third kappa shape index (κ3) is 4.65. The number of H-pyrrole nitrogens is 1. The number of benzene rings is 1. The van der Waals surface area contributed by atoms with Gasteiger partial charge in [-0.05, 0) is 50.3 Å². The number of hydrogen-bond donors (Lipinski definition) is 2. The molecule has 0 spiro atoms. The van der Waals surface area contributed by atoms with E-state index in [2.05, 4.69) is 15.3 Å². The van der Waals surface area contributed by atoms with Gasteiger partial charge in [-0.2, -0.15) is 11.8 Å². The van der Waals surface area contributed by atoms with Gasteiger partial charge >= 0.3 is 0 Å². The van der Waals surface area contributed by atoms with Crippen molar-refractivity contribution in [3.8, 4) is 0 Å². The lowest BCUT2D eigenvalue weighted by molar-refractivity contribution is -0.115. The Bertz CT molecular complexity index is 1170. The van der Waals surface area contributed by atoms with Crippen LogP contribution >= 0.6 is 23.1 Å². The van der Waals surface area contributed by atoms with Crippen molar-refractivity contribution >= 4 is 50.7 Å². The number of hydrogen-bond acceptors (Lipinski definition) is 6. The number of aromatic amines is 1. The lowest BCUT2D eigenvalue weighted by Gasteiger charge is -2.09. The van der Waals surface area contributed by atoms with E-state index in [1.165, 1.54) is 23.8 Å². The van der Waals surface area contributed by atoms with Gasteiger partial charge in [0.15, 0.2) is 5.78 Å². The quantitative estimate of drug-likeness (QED) is 0.421. The molecule has 1 amide bonds. The topological polar surface area (TPSA) is 91.9 Å². The molecule has 1 aliphatic carbocycles. The highest BCUT2D eigenvalue weighted by molar-refractivity contribution is 7.98. The Labute approximate surface area is 182 Å². The molecule has 30 heavy (non-hydrogen) atoms. The number of carbonyl (C=O) groups is 2. The van der Waals surface area contributed by atoms with Gasteiger partial charge in [0.05, 0.1) is 11.1 Å². The van der Waals surface area contributed by atoms with Crippen LogP contribution in [0.2, 0.25) is 0 Å². The van der Waals surface area contributed by atoms with E-state index in [1.54, 1.807) is 47.4 Å². The lowest BCUT2D eigenvalue weighted by Crippen LogP contribution is -2.14. The molecule has 0 atom stereocenters. The third-order valence-electron chi connectivity index (χ3n) is 5.14. The van der Waals surface area contributed by atoms with Gasteiger partial charge in [0.2, 0.25) is 5.91 Å². The number of thiophene rings is 1. The summed E-state index contributed by atoms with van der Waals surface area (Å²) in [5.74, 6) is 1.69. The van der Waals surface area contributed by atoms with Crippen LogP contribution in [0.15, 0.2) is 29.1 Å². The highest BCUT2D eigenvalue weighted by Gasteiger charge is 2.19. The number of Topliss-reactive ketones (excluding diaryl/α,β-unsaturated/α-hetero) is 1. The molecule has 6 nitrogen and oxygen atoms in total. The average molecular weight is 442 g/mol. The van der Waals surface area contributed by atoms with Gasteiger partial charge in [-0.15, -0.1) is 11.3 Å². The summed E-state index contributed by atoms with van der Waals surface area (Å²) in [7, 11) is 0. The van der Waals surface area contributed by atoms with Crippen LogP contribution in [0.1, 0.15) is 52.8 Å². The molecule has 3 aromatic rings. The second-order valence-electron chi connectivity index (χ2n) is 7.39. The monoisotopic (exact) mass is 441 g/mol. The van der Waals surface area contributed by atoms with Crippen molar-refractivity contribution < 1.29 is 9.59 Å². The van der Waals surface area contributed by atoms with Gasteiger partial charge in [-0.25, -0.2) is 4.98 Å². The minimum atomic E-state index is -0.106. The van der Waals surface area contributed by atoms with Crippen LogP contribution in [-0.2, 0) is 23.4 Å². The summed E-state index contributed by atoms with van der Waals surface area (Å²) in [4.78, 5) is 45.9. The molecular formula is C22H23N3O3S2. The molecule has 0 unspecified atom stereocenters. The van der Waals surface area contributed by atoms with E-state index in [1.807, 2.05) is 0 Å². The Hall–Kier alpha value is -2.45. The third-order valence-corrected chi connectivity index (χ3v) is 7.30. The number of nitrogens with zero attached hydrogens (tertiary/aromatic N) is 1. The van der Waals surface area contributed by atoms with Crippen molar-refractivity contribution in [2.45, 2.75) is 44.8 Å². The van der Waals surface area contributed by atoms with Crippen molar-refractivity contribution in [2.75, 3.05) is 11.1 Å². The molecule has 0 bridgehead atoms. The Balaban J connectivity index is 1.32. The molecule has 0 saturated carbocycles. The first-order valence-electron chi connectivity index (χ1n) is 10.0. The van der Waals surface area contributed by atoms with Gasteiger partial charge in [0.1, 0.15) is 10.7 Å². The molecule has 0 radical (unpaired) electrons. The summed E-state index contributed by atoms with van der Waals surface area (Å²) in [5, 5.41) is 3.59. The van der Waals surface area contributed by atoms with Crippen molar-refractivity contribution in [1.29, 1.82) is 0 Å². The summed E-state index contributed by atoms with van der Waals surface area (Å²) in [6.45, 7) is 1.50. The number of amides is 1. The van der Waals surface area contributed by atoms with Crippen molar-refractivity contribution in [2.24, 2.45) is 0 Å². The number of carbonyl (C=O) groups excluding carboxylic acids is 2. The molecule has 2 aromatic heterocycles. The summed E-state index contributed by atoms with van der Waals surface area (Å²) >= 11 is 3.21. The first kappa shape index (κ1) is 20.8. The van der Waals surface area contributed by atoms with E-state index in [0.717, 1.165) is 29.5 Å². The molecule has 2 N–H and O–H groups in total. The van der Waals surface area contributed by atoms with Crippen LogP contribution in [0.4, 0.5) is 5.69 Å². The average Bonchev–Trinajstić information content (AvgIpc) is 3.10. The largest absolute Gasteiger partial charge is 0.326 e. The fraction of sp³-hybridized carbons (Fsp3) is 0.364. The number of ketones is 1. The lowest BCUT2D eigenvalue weighted by atomic mass is 9.97. The molecule has 1 aromatic carbocycles. The molecule has 1 aliphatic rings. The Morgan fingerprint density at radius 2 is 2.10 bits per heavy atom. The highest BCUT2D eigenvalue weighted by Crippen LogP contribution is 2.33. The van der Waals surface area contributed by atoms with Crippen LogP contribution in [-0.4, -0.2) is 27.4 Å². The summed E-state index contributed by atoms with van der Waals surface area (Å²) in [5.41, 5.74) is 2.34. The Kier molecular flexibility index (Phi) is 6.34. The smallest absolute Gasteiger partial charge is 0.259 e. The maximum absolute atomic E-state index is 12.6. The first-order chi connectivity index (χ1) is 14.5. The van der Waals surface area contributed by atoms with Gasteiger partial charge in [0, 0.05) is 28.3 Å². The molecule has 0 aliphatic heterocycles. The number of rotatable bonds is 7. The summed E-state index contributed by atoms with van der Waals surface area (Å²) in [6.07, 6.45) is 4.68. The Morgan fingerprint density at radius 3 is 2.93 bits per heavy atom. The molecule has 4 rings (SSSR count). The van der Waals surface area contributed by atoms with E-state index in [-0.39, 0.29) is 17.2 Å². The number of fused-ring (bicyclic) bond motifs is 3. The predicted molar refractivity (Wildman–Crippen MR) is 123 cm³/mol. The number of thioether (sulfide) groups is 1. The van der Waals surface area contributed by atoms with Gasteiger partial charge in [-0.1, -0.05) is 12.1 Å². The molecule has 8 heteroatoms. The maximum atomic E-state index is 12.6. The van der Waals surface area contributed by atoms with E-state index in [0.29, 0.717) is 35.0 Å². The van der Waals surface area contributed by atoms with Crippen molar-refractivity contribution in [3.63, 3.8) is 0 Å². The van der Waals surface area contributed by atoms with Crippen LogP contribution in [0.25, 0.3) is 10.2 Å². The first-order valence-corrected chi connectivity index (χ1v) is 12.0. The zero-order valence-corrected chi connectivity index (χ0v) is 18.4. The van der Waals surface area contributed by atoms with Crippen molar-refractivity contribution in [3.05, 3.63) is 56.4 Å². The zero-order chi connectivity index (χ0) is 21.1. The maximum Gasteiger partial charge on any atom is 0.259 e. The Morgan fingerprint density at radius 1 is 1.27 bits per heavy atom. The second-order valence-corrected chi connectivity index (χ2v) is 9.58. The van der Waals surface area contributed by atoms with Gasteiger partial charge < -0.3 is 10.3 Å². The summed E-state index contributed by atoms with van der Waals surface area (Å²) in [6, 6.07) is 6.92. The van der Waals surface area contributed by atoms with Crippen LogP contribution < -0.4 is 10.9 Å². The van der Waals surface area contributed by atoms with E-state index in [9.17, 15) is 14.4 Å². The fourth-order valence-corrected chi connectivity index (χ4v) is 5.74. The minimum absolute atomic E-state index is 0.0355.